The van der Waals surface area contributed by atoms with Crippen molar-refractivity contribution in [1.29, 1.82) is 0 Å². The number of nitrogens with zero attached hydrogens (tertiary/aromatic N) is 2. The van der Waals surface area contributed by atoms with Gasteiger partial charge in [0.1, 0.15) is 5.69 Å². The fraction of sp³-hybridized carbons (Fsp3) is 0.455. The summed E-state index contributed by atoms with van der Waals surface area (Å²) in [5, 5.41) is 14.8. The summed E-state index contributed by atoms with van der Waals surface area (Å²) >= 11 is 6.04. The van der Waals surface area contributed by atoms with Gasteiger partial charge < -0.3 is 10.2 Å². The molecule has 1 fully saturated rings. The van der Waals surface area contributed by atoms with Gasteiger partial charge in [0.2, 0.25) is 0 Å². The van der Waals surface area contributed by atoms with Crippen molar-refractivity contribution in [3.63, 3.8) is 0 Å². The standard InChI is InChI=1S/C11H14ClN3O2/c1-8-6-11(15(16)17)10(7-9(8)12)14-4-2-13-3-5-14/h6-7,13H,2-5H2,1H3. The highest BCUT2D eigenvalue weighted by atomic mass is 35.5. The fourth-order valence-electron chi connectivity index (χ4n) is 1.96. The van der Waals surface area contributed by atoms with E-state index in [-0.39, 0.29) is 10.6 Å². The van der Waals surface area contributed by atoms with Gasteiger partial charge in [-0.2, -0.15) is 0 Å². The lowest BCUT2D eigenvalue weighted by molar-refractivity contribution is -0.384. The SMILES string of the molecule is Cc1cc([N+](=O)[O-])c(N2CCNCC2)cc1Cl. The summed E-state index contributed by atoms with van der Waals surface area (Å²) in [5.41, 5.74) is 1.48. The number of hydrogen-bond acceptors (Lipinski definition) is 4. The van der Waals surface area contributed by atoms with E-state index >= 15 is 0 Å². The Kier molecular flexibility index (Phi) is 3.49. The van der Waals surface area contributed by atoms with Crippen molar-refractivity contribution in [3.05, 3.63) is 32.8 Å². The van der Waals surface area contributed by atoms with Crippen LogP contribution in [0.3, 0.4) is 0 Å². The Morgan fingerprint density at radius 2 is 2.06 bits per heavy atom. The molecule has 0 saturated carbocycles. The van der Waals surface area contributed by atoms with Crippen LogP contribution >= 0.6 is 11.6 Å². The number of nitro groups is 1. The molecule has 1 aromatic carbocycles. The Morgan fingerprint density at radius 3 is 2.65 bits per heavy atom. The molecular weight excluding hydrogens is 242 g/mol. The zero-order valence-electron chi connectivity index (χ0n) is 9.57. The first kappa shape index (κ1) is 12.1. The van der Waals surface area contributed by atoms with Crippen LogP contribution < -0.4 is 10.2 Å². The molecule has 0 atom stereocenters. The Balaban J connectivity index is 2.42. The monoisotopic (exact) mass is 255 g/mol. The largest absolute Gasteiger partial charge is 0.363 e. The van der Waals surface area contributed by atoms with Crippen LogP contribution in [-0.4, -0.2) is 31.1 Å². The van der Waals surface area contributed by atoms with Gasteiger partial charge in [-0.15, -0.1) is 0 Å². The molecule has 1 aliphatic rings. The van der Waals surface area contributed by atoms with Crippen molar-refractivity contribution in [2.75, 3.05) is 31.1 Å². The predicted octanol–water partition coefficient (Wildman–Crippen LogP) is 1.97. The highest BCUT2D eigenvalue weighted by Gasteiger charge is 2.22. The molecule has 1 aromatic rings. The quantitative estimate of drug-likeness (QED) is 0.648. The van der Waals surface area contributed by atoms with Crippen molar-refractivity contribution in [1.82, 2.24) is 5.32 Å². The maximum atomic E-state index is 11.0. The number of benzene rings is 1. The molecule has 0 radical (unpaired) electrons. The minimum atomic E-state index is -0.347. The third-order valence-electron chi connectivity index (χ3n) is 2.91. The van der Waals surface area contributed by atoms with Crippen molar-refractivity contribution in [2.45, 2.75) is 6.92 Å². The van der Waals surface area contributed by atoms with Gasteiger partial charge in [-0.1, -0.05) is 11.6 Å². The van der Waals surface area contributed by atoms with Crippen LogP contribution in [0.1, 0.15) is 5.56 Å². The summed E-state index contributed by atoms with van der Waals surface area (Å²) in [6, 6.07) is 3.24. The topological polar surface area (TPSA) is 58.4 Å². The second-order valence-electron chi connectivity index (χ2n) is 4.08. The second kappa shape index (κ2) is 4.89. The van der Waals surface area contributed by atoms with Crippen molar-refractivity contribution < 1.29 is 4.92 Å². The number of anilines is 1. The molecule has 0 aliphatic carbocycles. The van der Waals surface area contributed by atoms with Gasteiger partial charge in [-0.05, 0) is 18.6 Å². The normalized spacial score (nSPS) is 16.0. The van der Waals surface area contributed by atoms with Crippen LogP contribution in [-0.2, 0) is 0 Å². The van der Waals surface area contributed by atoms with E-state index in [9.17, 15) is 10.1 Å². The fourth-order valence-corrected chi connectivity index (χ4v) is 2.12. The lowest BCUT2D eigenvalue weighted by Gasteiger charge is -2.29. The van der Waals surface area contributed by atoms with E-state index in [1.807, 2.05) is 4.90 Å². The Bertz CT molecular complexity index is 445. The van der Waals surface area contributed by atoms with Crippen molar-refractivity contribution in [3.8, 4) is 0 Å². The van der Waals surface area contributed by atoms with Gasteiger partial charge in [-0.25, -0.2) is 0 Å². The first-order valence-corrected chi connectivity index (χ1v) is 5.87. The third kappa shape index (κ3) is 2.50. The summed E-state index contributed by atoms with van der Waals surface area (Å²) in [4.78, 5) is 12.7. The summed E-state index contributed by atoms with van der Waals surface area (Å²) in [7, 11) is 0. The maximum absolute atomic E-state index is 11.0. The summed E-state index contributed by atoms with van der Waals surface area (Å²) in [5.74, 6) is 0. The zero-order valence-corrected chi connectivity index (χ0v) is 10.3. The molecule has 17 heavy (non-hydrogen) atoms. The number of nitrogens with one attached hydrogen (secondary N) is 1. The number of halogens is 1. The molecule has 1 heterocycles. The number of aryl methyl sites for hydroxylation is 1. The molecule has 0 spiro atoms. The van der Waals surface area contributed by atoms with E-state index in [0.29, 0.717) is 10.7 Å². The molecular formula is C11H14ClN3O2. The smallest absolute Gasteiger partial charge is 0.292 e. The molecule has 5 nitrogen and oxygen atoms in total. The van der Waals surface area contributed by atoms with E-state index in [4.69, 9.17) is 11.6 Å². The first-order chi connectivity index (χ1) is 8.09. The highest BCUT2D eigenvalue weighted by Crippen LogP contribution is 2.33. The van der Waals surface area contributed by atoms with Gasteiger partial charge in [0.25, 0.3) is 5.69 Å². The molecule has 0 aromatic heterocycles. The molecule has 1 N–H and O–H groups in total. The molecule has 6 heteroatoms. The molecule has 1 aliphatic heterocycles. The van der Waals surface area contributed by atoms with Crippen LogP contribution in [0.2, 0.25) is 5.02 Å². The van der Waals surface area contributed by atoms with Crippen LogP contribution in [0, 0.1) is 17.0 Å². The molecule has 1 saturated heterocycles. The van der Waals surface area contributed by atoms with Gasteiger partial charge >= 0.3 is 0 Å². The third-order valence-corrected chi connectivity index (χ3v) is 3.32. The molecule has 0 bridgehead atoms. The zero-order chi connectivity index (χ0) is 12.4. The lowest BCUT2D eigenvalue weighted by atomic mass is 10.1. The van der Waals surface area contributed by atoms with Crippen LogP contribution in [0.4, 0.5) is 11.4 Å². The van der Waals surface area contributed by atoms with Gasteiger partial charge in [-0.3, -0.25) is 10.1 Å². The summed E-state index contributed by atoms with van der Waals surface area (Å²) < 4.78 is 0. The number of piperazine rings is 1. The van der Waals surface area contributed by atoms with E-state index < -0.39 is 0 Å². The molecule has 92 valence electrons. The summed E-state index contributed by atoms with van der Waals surface area (Å²) in [6.45, 7) is 4.97. The maximum Gasteiger partial charge on any atom is 0.292 e. The first-order valence-electron chi connectivity index (χ1n) is 5.50. The minimum absolute atomic E-state index is 0.133. The Morgan fingerprint density at radius 1 is 1.41 bits per heavy atom. The van der Waals surface area contributed by atoms with E-state index in [1.165, 1.54) is 0 Å². The van der Waals surface area contributed by atoms with Crippen LogP contribution in [0.15, 0.2) is 12.1 Å². The van der Waals surface area contributed by atoms with Gasteiger partial charge in [0.05, 0.1) is 4.92 Å². The molecule has 2 rings (SSSR count). The molecule has 0 unspecified atom stereocenters. The van der Waals surface area contributed by atoms with Crippen LogP contribution in [0.25, 0.3) is 0 Å². The van der Waals surface area contributed by atoms with Crippen molar-refractivity contribution in [2.24, 2.45) is 0 Å². The van der Waals surface area contributed by atoms with E-state index in [2.05, 4.69) is 5.32 Å². The average Bonchev–Trinajstić information content (AvgIpc) is 2.33. The second-order valence-corrected chi connectivity index (χ2v) is 4.49. The Hall–Kier alpha value is -1.33. The van der Waals surface area contributed by atoms with Gasteiger partial charge in [0.15, 0.2) is 0 Å². The van der Waals surface area contributed by atoms with Gasteiger partial charge in [0, 0.05) is 37.3 Å². The molecule has 0 amide bonds. The number of rotatable bonds is 2. The lowest BCUT2D eigenvalue weighted by Crippen LogP contribution is -2.43. The van der Waals surface area contributed by atoms with E-state index in [1.54, 1.807) is 19.1 Å². The predicted molar refractivity (Wildman–Crippen MR) is 67.9 cm³/mol. The minimum Gasteiger partial charge on any atom is -0.363 e. The number of hydrogen-bond donors (Lipinski definition) is 1. The average molecular weight is 256 g/mol. The van der Waals surface area contributed by atoms with Crippen molar-refractivity contribution >= 4 is 23.0 Å². The number of nitro benzene ring substituents is 1. The van der Waals surface area contributed by atoms with E-state index in [0.717, 1.165) is 31.7 Å². The summed E-state index contributed by atoms with van der Waals surface area (Å²) in [6.07, 6.45) is 0. The van der Waals surface area contributed by atoms with Crippen LogP contribution in [0.5, 0.6) is 0 Å². The Labute approximate surface area is 105 Å². The highest BCUT2D eigenvalue weighted by molar-refractivity contribution is 6.31.